The Morgan fingerprint density at radius 1 is 1.08 bits per heavy atom. The summed E-state index contributed by atoms with van der Waals surface area (Å²) in [6, 6.07) is 0.144. The zero-order valence-corrected chi connectivity index (χ0v) is 16.2. The Morgan fingerprint density at radius 3 is 2.36 bits per heavy atom. The van der Waals surface area contributed by atoms with Gasteiger partial charge in [-0.3, -0.25) is 5.43 Å². The second-order valence-electron chi connectivity index (χ2n) is 7.27. The van der Waals surface area contributed by atoms with Crippen LogP contribution in [0.25, 0.3) is 0 Å². The highest BCUT2D eigenvalue weighted by atomic mass is 32.1. The van der Waals surface area contributed by atoms with E-state index in [-0.39, 0.29) is 12.1 Å². The number of hydrazine groups is 1. The third kappa shape index (κ3) is 7.13. The zero-order valence-electron chi connectivity index (χ0n) is 15.3. The molecule has 0 aromatic carbocycles. The van der Waals surface area contributed by atoms with Gasteiger partial charge in [0.1, 0.15) is 6.10 Å². The van der Waals surface area contributed by atoms with E-state index < -0.39 is 11.8 Å². The van der Waals surface area contributed by atoms with Crippen LogP contribution >= 0.6 is 12.2 Å². The summed E-state index contributed by atoms with van der Waals surface area (Å²) in [5.74, 6) is 0. The van der Waals surface area contributed by atoms with Crippen molar-refractivity contribution >= 4 is 23.4 Å². The lowest BCUT2D eigenvalue weighted by molar-refractivity contribution is 0.0738. The molecule has 0 saturated heterocycles. The van der Waals surface area contributed by atoms with Crippen LogP contribution in [0.15, 0.2) is 10.2 Å². The summed E-state index contributed by atoms with van der Waals surface area (Å²) in [7, 11) is 0. The molecule has 0 heterocycles. The van der Waals surface area contributed by atoms with Gasteiger partial charge in [0, 0.05) is 0 Å². The van der Waals surface area contributed by atoms with Crippen LogP contribution in [0, 0.1) is 0 Å². The molecule has 0 bridgehead atoms. The topological polar surface area (TPSA) is 87.1 Å². The Balaban J connectivity index is 1.78. The molecule has 0 aromatic rings. The van der Waals surface area contributed by atoms with Crippen LogP contribution in [0.2, 0.25) is 0 Å². The molecule has 142 valence electrons. The molecule has 2 rings (SSSR count). The summed E-state index contributed by atoms with van der Waals surface area (Å²) in [6.45, 7) is 4.00. The van der Waals surface area contributed by atoms with Gasteiger partial charge >= 0.3 is 6.09 Å². The second kappa shape index (κ2) is 9.89. The van der Waals surface area contributed by atoms with E-state index in [2.05, 4.69) is 26.4 Å². The van der Waals surface area contributed by atoms with E-state index in [4.69, 9.17) is 17.0 Å². The quantitative estimate of drug-likeness (QED) is 0.397. The fourth-order valence-corrected chi connectivity index (χ4v) is 3.57. The first-order valence-electron chi connectivity index (χ1n) is 9.46. The van der Waals surface area contributed by atoms with Crippen LogP contribution in [0.3, 0.4) is 0 Å². The second-order valence-corrected chi connectivity index (χ2v) is 7.68. The van der Waals surface area contributed by atoms with Crippen molar-refractivity contribution in [1.82, 2.24) is 16.2 Å². The van der Waals surface area contributed by atoms with Crippen LogP contribution in [0.5, 0.6) is 0 Å². The minimum Gasteiger partial charge on any atom is -0.445 e. The van der Waals surface area contributed by atoms with Gasteiger partial charge in [-0.1, -0.05) is 12.8 Å². The van der Waals surface area contributed by atoms with E-state index in [0.29, 0.717) is 5.11 Å². The molecule has 25 heavy (non-hydrogen) atoms. The predicted molar refractivity (Wildman–Crippen MR) is 101 cm³/mol. The number of hydrogen-bond acceptors (Lipinski definition) is 5. The fraction of sp³-hybridized carbons (Fsp3) is 0.882. The highest BCUT2D eigenvalue weighted by molar-refractivity contribution is 7.80. The van der Waals surface area contributed by atoms with Crippen molar-refractivity contribution in [2.75, 3.05) is 0 Å². The Hall–Kier alpha value is -1.44. The highest BCUT2D eigenvalue weighted by Crippen LogP contribution is 2.30. The first-order valence-corrected chi connectivity index (χ1v) is 9.87. The average Bonchev–Trinajstić information content (AvgIpc) is 2.60. The first kappa shape index (κ1) is 19.9. The molecule has 0 unspecified atom stereocenters. The summed E-state index contributed by atoms with van der Waals surface area (Å²) in [5.41, 5.74) is 4.77. The number of azo groups is 1. The minimum absolute atomic E-state index is 0.0154. The van der Waals surface area contributed by atoms with Crippen molar-refractivity contribution < 1.29 is 9.53 Å². The predicted octanol–water partition coefficient (Wildman–Crippen LogP) is 3.95. The Morgan fingerprint density at radius 2 is 1.72 bits per heavy atom. The smallest absolute Gasteiger partial charge is 0.426 e. The highest BCUT2D eigenvalue weighted by Gasteiger charge is 2.33. The van der Waals surface area contributed by atoms with E-state index in [1.165, 1.54) is 12.8 Å². The lowest BCUT2D eigenvalue weighted by Crippen LogP contribution is -2.55. The van der Waals surface area contributed by atoms with Crippen LogP contribution in [-0.2, 0) is 4.74 Å². The lowest BCUT2D eigenvalue weighted by atomic mass is 9.90. The lowest BCUT2D eigenvalue weighted by Gasteiger charge is -2.34. The standard InChI is InChI=1S/C17H31N5O2S/c1-13(2)19-22-17(11-7-4-8-12-17)18-15(25)20-21-16(23)24-14-9-5-3-6-10-14/h13-14H,3-12H2,1-2H3,(H,21,23)(H2,18,20,25). The number of thiocarbonyl (C=S) groups is 1. The summed E-state index contributed by atoms with van der Waals surface area (Å²) in [6.07, 6.45) is 10.0. The molecule has 2 aliphatic carbocycles. The number of nitrogens with one attached hydrogen (secondary N) is 3. The molecule has 8 heteroatoms. The van der Waals surface area contributed by atoms with Crippen molar-refractivity contribution in [2.45, 2.75) is 95.9 Å². The molecule has 0 aliphatic heterocycles. The Labute approximate surface area is 155 Å². The van der Waals surface area contributed by atoms with Gasteiger partial charge in [0.05, 0.1) is 6.04 Å². The molecule has 0 aromatic heterocycles. The number of carbonyl (C=O) groups is 1. The number of amides is 1. The molecule has 3 N–H and O–H groups in total. The molecular weight excluding hydrogens is 338 g/mol. The summed E-state index contributed by atoms with van der Waals surface area (Å²) in [4.78, 5) is 11.9. The van der Waals surface area contributed by atoms with Gasteiger partial charge < -0.3 is 10.1 Å². The van der Waals surface area contributed by atoms with Crippen LogP contribution in [-0.4, -0.2) is 29.0 Å². The van der Waals surface area contributed by atoms with Crippen molar-refractivity contribution in [3.63, 3.8) is 0 Å². The zero-order chi connectivity index (χ0) is 18.1. The molecule has 0 radical (unpaired) electrons. The summed E-state index contributed by atoms with van der Waals surface area (Å²) in [5, 5.41) is 12.4. The van der Waals surface area contributed by atoms with Gasteiger partial charge in [-0.15, -0.1) is 0 Å². The van der Waals surface area contributed by atoms with E-state index >= 15 is 0 Å². The maximum absolute atomic E-state index is 11.9. The molecule has 0 atom stereocenters. The molecule has 2 saturated carbocycles. The molecular formula is C17H31N5O2S. The molecule has 1 amide bonds. The largest absolute Gasteiger partial charge is 0.445 e. The Bertz CT molecular complexity index is 472. The first-order chi connectivity index (χ1) is 12.0. The van der Waals surface area contributed by atoms with E-state index in [0.717, 1.165) is 51.4 Å². The van der Waals surface area contributed by atoms with Gasteiger partial charge in [0.15, 0.2) is 10.8 Å². The number of nitrogens with zero attached hydrogens (tertiary/aromatic N) is 2. The molecule has 7 nitrogen and oxygen atoms in total. The monoisotopic (exact) mass is 369 g/mol. The molecule has 2 fully saturated rings. The van der Waals surface area contributed by atoms with E-state index in [9.17, 15) is 4.79 Å². The van der Waals surface area contributed by atoms with Crippen molar-refractivity contribution in [2.24, 2.45) is 10.2 Å². The van der Waals surface area contributed by atoms with Crippen molar-refractivity contribution in [3.8, 4) is 0 Å². The average molecular weight is 370 g/mol. The maximum atomic E-state index is 11.9. The van der Waals surface area contributed by atoms with Gasteiger partial charge in [-0.05, 0) is 77.4 Å². The summed E-state index contributed by atoms with van der Waals surface area (Å²) >= 11 is 5.32. The molecule has 0 spiro atoms. The third-order valence-electron chi connectivity index (χ3n) is 4.61. The summed E-state index contributed by atoms with van der Waals surface area (Å²) < 4.78 is 5.39. The Kier molecular flexibility index (Phi) is 7.87. The normalized spacial score (nSPS) is 21.1. The van der Waals surface area contributed by atoms with Crippen LogP contribution < -0.4 is 16.2 Å². The number of ether oxygens (including phenoxy) is 1. The number of carbonyl (C=O) groups excluding carboxylic acids is 1. The number of rotatable bonds is 4. The maximum Gasteiger partial charge on any atom is 0.426 e. The fourth-order valence-electron chi connectivity index (χ4n) is 3.33. The van der Waals surface area contributed by atoms with Crippen LogP contribution in [0.1, 0.15) is 78.1 Å². The van der Waals surface area contributed by atoms with Crippen LogP contribution in [0.4, 0.5) is 4.79 Å². The van der Waals surface area contributed by atoms with E-state index in [1.807, 2.05) is 13.8 Å². The van der Waals surface area contributed by atoms with Gasteiger partial charge in [0.2, 0.25) is 0 Å². The van der Waals surface area contributed by atoms with Gasteiger partial charge in [-0.2, -0.15) is 10.2 Å². The minimum atomic E-state index is -0.488. The third-order valence-corrected chi connectivity index (χ3v) is 4.82. The van der Waals surface area contributed by atoms with Crippen molar-refractivity contribution in [3.05, 3.63) is 0 Å². The SMILES string of the molecule is CC(C)N=NC1(NC(=S)NNC(=O)OC2CCCCC2)CCCCC1. The van der Waals surface area contributed by atoms with E-state index in [1.54, 1.807) is 0 Å². The van der Waals surface area contributed by atoms with Gasteiger partial charge in [-0.25, -0.2) is 10.2 Å². The molecule has 2 aliphatic rings. The van der Waals surface area contributed by atoms with Gasteiger partial charge in [0.25, 0.3) is 0 Å². The number of hydrogen-bond donors (Lipinski definition) is 3. The van der Waals surface area contributed by atoms with Crippen molar-refractivity contribution in [1.29, 1.82) is 0 Å².